The number of fused-ring (bicyclic) bond motifs is 1. The lowest BCUT2D eigenvalue weighted by atomic mass is 10.1. The van der Waals surface area contributed by atoms with Crippen LogP contribution in [0.3, 0.4) is 0 Å². The molecule has 7 nitrogen and oxygen atoms in total. The number of methoxy groups -OCH3 is 1. The van der Waals surface area contributed by atoms with Crippen LogP contribution in [0.1, 0.15) is 34.6 Å². The van der Waals surface area contributed by atoms with Crippen molar-refractivity contribution in [3.63, 3.8) is 0 Å². The molecule has 2 heterocycles. The van der Waals surface area contributed by atoms with E-state index in [9.17, 15) is 4.79 Å². The van der Waals surface area contributed by atoms with Crippen molar-refractivity contribution in [3.8, 4) is 11.5 Å². The number of carbonyl (C=O) groups excluding carboxylic acids is 1. The Morgan fingerprint density at radius 3 is 2.55 bits per heavy atom. The van der Waals surface area contributed by atoms with Crippen LogP contribution in [0, 0.1) is 6.92 Å². The number of aryl methyl sites for hydroxylation is 1. The number of allylic oxidation sites excluding steroid dienone is 1. The first-order chi connectivity index (χ1) is 16.1. The van der Waals surface area contributed by atoms with Crippen molar-refractivity contribution in [1.29, 1.82) is 0 Å². The molecule has 0 radical (unpaired) electrons. The molecule has 0 amide bonds. The van der Waals surface area contributed by atoms with E-state index in [2.05, 4.69) is 15.3 Å². The molecular weight excluding hydrogens is 456 g/mol. The van der Waals surface area contributed by atoms with Crippen LogP contribution in [-0.2, 0) is 0 Å². The second-order valence-corrected chi connectivity index (χ2v) is 9.51. The number of rotatable bonds is 11. The zero-order valence-corrected chi connectivity index (χ0v) is 20.1. The van der Waals surface area contributed by atoms with Crippen LogP contribution >= 0.6 is 23.1 Å². The van der Waals surface area contributed by atoms with Gasteiger partial charge in [0, 0.05) is 11.3 Å². The minimum absolute atomic E-state index is 0.0463. The van der Waals surface area contributed by atoms with Gasteiger partial charge in [-0.05, 0) is 67.8 Å². The maximum atomic E-state index is 12.4. The average molecular weight is 481 g/mol. The zero-order chi connectivity index (χ0) is 23.0. The first kappa shape index (κ1) is 23.0. The normalized spacial score (nSPS) is 11.3. The van der Waals surface area contributed by atoms with E-state index in [4.69, 9.17) is 9.47 Å². The number of nitrogens with zero attached hydrogens (tertiary/aromatic N) is 4. The largest absolute Gasteiger partial charge is 0.497 e. The maximum absolute atomic E-state index is 12.4. The first-order valence-electron chi connectivity index (χ1n) is 10.5. The Morgan fingerprint density at radius 2 is 1.82 bits per heavy atom. The number of unbranched alkanes of at least 4 members (excludes halogenated alkanes) is 1. The molecule has 2 aromatic heterocycles. The van der Waals surface area contributed by atoms with E-state index < -0.39 is 0 Å². The summed E-state index contributed by atoms with van der Waals surface area (Å²) in [4.78, 5) is 13.2. The molecule has 4 aromatic rings. The number of ether oxygens (including phenoxy) is 2. The third kappa shape index (κ3) is 6.21. The molecule has 4 rings (SSSR count). The molecule has 0 bridgehead atoms. The van der Waals surface area contributed by atoms with Gasteiger partial charge in [0.25, 0.3) is 0 Å². The van der Waals surface area contributed by atoms with Crippen molar-refractivity contribution < 1.29 is 14.3 Å². The van der Waals surface area contributed by atoms with E-state index in [1.807, 2.05) is 43.3 Å². The van der Waals surface area contributed by atoms with Crippen molar-refractivity contribution >= 4 is 39.9 Å². The molecule has 0 saturated carbocycles. The molecule has 0 atom stereocenters. The highest BCUT2D eigenvalue weighted by atomic mass is 32.2. The van der Waals surface area contributed by atoms with Gasteiger partial charge in [0.15, 0.2) is 15.9 Å². The predicted octanol–water partition coefficient (Wildman–Crippen LogP) is 5.35. The Bertz CT molecular complexity index is 1230. The average Bonchev–Trinajstić information content (AvgIpc) is 3.41. The van der Waals surface area contributed by atoms with E-state index in [-0.39, 0.29) is 5.78 Å². The summed E-state index contributed by atoms with van der Waals surface area (Å²) in [5.41, 5.74) is 1.57. The topological polar surface area (TPSA) is 78.6 Å². The molecule has 0 unspecified atom stereocenters. The van der Waals surface area contributed by atoms with Crippen molar-refractivity contribution in [3.05, 3.63) is 71.6 Å². The summed E-state index contributed by atoms with van der Waals surface area (Å²) in [5.74, 6) is 3.29. The molecule has 0 spiro atoms. The Balaban J connectivity index is 1.16. The number of carbonyl (C=O) groups is 1. The molecule has 0 aliphatic carbocycles. The van der Waals surface area contributed by atoms with Gasteiger partial charge >= 0.3 is 0 Å². The van der Waals surface area contributed by atoms with Crippen LogP contribution in [0.4, 0.5) is 0 Å². The minimum atomic E-state index is -0.0463. The van der Waals surface area contributed by atoms with Gasteiger partial charge in [-0.1, -0.05) is 41.3 Å². The van der Waals surface area contributed by atoms with Gasteiger partial charge in [-0.3, -0.25) is 4.79 Å². The summed E-state index contributed by atoms with van der Waals surface area (Å²) in [7, 11) is 1.63. The third-order valence-corrected chi connectivity index (χ3v) is 6.96. The quantitative estimate of drug-likeness (QED) is 0.124. The summed E-state index contributed by atoms with van der Waals surface area (Å²) < 4.78 is 13.7. The lowest BCUT2D eigenvalue weighted by molar-refractivity contribution is 0.104. The van der Waals surface area contributed by atoms with E-state index in [0.29, 0.717) is 12.2 Å². The Morgan fingerprint density at radius 1 is 1.06 bits per heavy atom. The standard InChI is InChI=1S/C24H24N4O3S2/c1-17-25-26-23-28(17)27-24(33-23)32-16-4-3-15-31-21-12-8-19(9-13-21)22(29)14-7-18-5-10-20(30-2)11-6-18/h5-14H,3-4,15-16H2,1-2H3/b14-7+. The van der Waals surface area contributed by atoms with Crippen LogP contribution in [0.2, 0.25) is 0 Å². The number of hydrogen-bond acceptors (Lipinski definition) is 8. The zero-order valence-electron chi connectivity index (χ0n) is 18.4. The van der Waals surface area contributed by atoms with Crippen molar-refractivity contribution in [2.24, 2.45) is 0 Å². The number of thioether (sulfide) groups is 1. The Labute approximate surface area is 200 Å². The van der Waals surface area contributed by atoms with Gasteiger partial charge in [0.2, 0.25) is 4.96 Å². The minimum Gasteiger partial charge on any atom is -0.497 e. The van der Waals surface area contributed by atoms with Crippen LogP contribution < -0.4 is 9.47 Å². The molecular formula is C24H24N4O3S2. The fraction of sp³-hybridized carbons (Fsp3) is 0.250. The van der Waals surface area contributed by atoms with Crippen LogP contribution in [0.5, 0.6) is 11.5 Å². The molecule has 9 heteroatoms. The van der Waals surface area contributed by atoms with Crippen LogP contribution in [-0.4, -0.2) is 45.1 Å². The second kappa shape index (κ2) is 11.1. The summed E-state index contributed by atoms with van der Waals surface area (Å²) in [6.45, 7) is 2.53. The fourth-order valence-electron chi connectivity index (χ4n) is 3.01. The number of hydrogen-bond donors (Lipinski definition) is 0. The molecule has 2 aromatic carbocycles. The molecule has 0 saturated heterocycles. The Hall–Kier alpha value is -3.17. The highest BCUT2D eigenvalue weighted by Gasteiger charge is 2.08. The van der Waals surface area contributed by atoms with Gasteiger partial charge in [0.1, 0.15) is 11.5 Å². The van der Waals surface area contributed by atoms with E-state index in [1.165, 1.54) is 0 Å². The van der Waals surface area contributed by atoms with Crippen LogP contribution in [0.15, 0.2) is 58.9 Å². The SMILES string of the molecule is COc1ccc(/C=C/C(=O)c2ccc(OCCCCSc3nn4c(C)nnc4s3)cc2)cc1. The summed E-state index contributed by atoms with van der Waals surface area (Å²) >= 11 is 3.29. The van der Waals surface area contributed by atoms with Crippen molar-refractivity contribution in [2.75, 3.05) is 19.5 Å². The fourth-order valence-corrected chi connectivity index (χ4v) is 5.00. The molecule has 33 heavy (non-hydrogen) atoms. The summed E-state index contributed by atoms with van der Waals surface area (Å²) in [5, 5.41) is 12.6. The molecule has 0 aliphatic heterocycles. The van der Waals surface area contributed by atoms with Crippen molar-refractivity contribution in [2.45, 2.75) is 24.1 Å². The second-order valence-electron chi connectivity index (χ2n) is 7.21. The van der Waals surface area contributed by atoms with Gasteiger partial charge in [-0.2, -0.15) is 4.52 Å². The summed E-state index contributed by atoms with van der Waals surface area (Å²) in [6.07, 6.45) is 5.34. The Kier molecular flexibility index (Phi) is 7.74. The smallest absolute Gasteiger partial charge is 0.235 e. The third-order valence-electron chi connectivity index (χ3n) is 4.84. The van der Waals surface area contributed by atoms with Gasteiger partial charge in [0.05, 0.1) is 13.7 Å². The molecule has 0 aliphatic rings. The highest BCUT2D eigenvalue weighted by Crippen LogP contribution is 2.25. The van der Waals surface area contributed by atoms with Gasteiger partial charge < -0.3 is 9.47 Å². The number of aromatic nitrogens is 4. The van der Waals surface area contributed by atoms with E-state index in [0.717, 1.165) is 50.8 Å². The van der Waals surface area contributed by atoms with Gasteiger partial charge in [-0.15, -0.1) is 15.3 Å². The maximum Gasteiger partial charge on any atom is 0.235 e. The number of ketones is 1. The highest BCUT2D eigenvalue weighted by molar-refractivity contribution is 8.01. The lowest BCUT2D eigenvalue weighted by Crippen LogP contribution is -1.99. The van der Waals surface area contributed by atoms with E-state index >= 15 is 0 Å². The lowest BCUT2D eigenvalue weighted by Gasteiger charge is -2.06. The molecule has 0 N–H and O–H groups in total. The van der Waals surface area contributed by atoms with Gasteiger partial charge in [-0.25, -0.2) is 0 Å². The van der Waals surface area contributed by atoms with E-state index in [1.54, 1.807) is 59.0 Å². The summed E-state index contributed by atoms with van der Waals surface area (Å²) in [6, 6.07) is 14.8. The van der Waals surface area contributed by atoms with Crippen LogP contribution in [0.25, 0.3) is 11.0 Å². The molecule has 170 valence electrons. The van der Waals surface area contributed by atoms with Crippen molar-refractivity contribution in [1.82, 2.24) is 19.8 Å². The number of benzene rings is 2. The first-order valence-corrected chi connectivity index (χ1v) is 12.3. The predicted molar refractivity (Wildman–Crippen MR) is 132 cm³/mol. The molecule has 0 fully saturated rings. The monoisotopic (exact) mass is 480 g/mol.